The van der Waals surface area contributed by atoms with E-state index in [0.717, 1.165) is 23.8 Å². The molecule has 2 saturated carbocycles. The second kappa shape index (κ2) is 5.74. The summed E-state index contributed by atoms with van der Waals surface area (Å²) < 4.78 is 11.1. The molecule has 1 aromatic carbocycles. The molecule has 0 radical (unpaired) electrons. The molecule has 0 amide bonds. The Balaban J connectivity index is 1.78. The average Bonchev–Trinajstić information content (AvgIpc) is 3.49. The number of ether oxygens (including phenoxy) is 2. The standard InChI is InChI=1S/C21H26O2/c1-22-17-10-12-21(13-11-17,14-15-6-7-15)18-4-3-5-19(23-2)20(18)16-8-9-16/h3-5,10-12,15-16H,6-9,13-14H2,1-2H3. The van der Waals surface area contributed by atoms with Gasteiger partial charge in [-0.15, -0.1) is 0 Å². The largest absolute Gasteiger partial charge is 0.497 e. The monoisotopic (exact) mass is 310 g/mol. The number of benzene rings is 1. The van der Waals surface area contributed by atoms with Gasteiger partial charge in [-0.2, -0.15) is 0 Å². The van der Waals surface area contributed by atoms with Gasteiger partial charge in [0.15, 0.2) is 0 Å². The molecule has 3 aliphatic carbocycles. The molecule has 0 heterocycles. The van der Waals surface area contributed by atoms with Gasteiger partial charge in [0, 0.05) is 11.0 Å². The van der Waals surface area contributed by atoms with Gasteiger partial charge in [-0.05, 0) is 61.3 Å². The van der Waals surface area contributed by atoms with Crippen LogP contribution in [0, 0.1) is 5.92 Å². The summed E-state index contributed by atoms with van der Waals surface area (Å²) >= 11 is 0. The molecule has 2 fully saturated rings. The maximum atomic E-state index is 5.72. The average molecular weight is 310 g/mol. The molecular weight excluding hydrogens is 284 g/mol. The van der Waals surface area contributed by atoms with Crippen molar-refractivity contribution in [2.45, 2.75) is 49.9 Å². The minimum atomic E-state index is 0.121. The molecule has 0 N–H and O–H groups in total. The van der Waals surface area contributed by atoms with Gasteiger partial charge in [0.2, 0.25) is 0 Å². The predicted octanol–water partition coefficient (Wildman–Crippen LogP) is 5.10. The third-order valence-electron chi connectivity index (χ3n) is 5.63. The summed E-state index contributed by atoms with van der Waals surface area (Å²) in [6.45, 7) is 0. The fourth-order valence-electron chi connectivity index (χ4n) is 4.06. The van der Waals surface area contributed by atoms with Gasteiger partial charge in [-0.3, -0.25) is 0 Å². The van der Waals surface area contributed by atoms with E-state index in [1.165, 1.54) is 43.2 Å². The lowest BCUT2D eigenvalue weighted by atomic mass is 9.69. The van der Waals surface area contributed by atoms with Crippen LogP contribution >= 0.6 is 0 Å². The Labute approximate surface area is 139 Å². The summed E-state index contributed by atoms with van der Waals surface area (Å²) in [4.78, 5) is 0. The molecule has 2 nitrogen and oxygen atoms in total. The van der Waals surface area contributed by atoms with Crippen LogP contribution in [0.4, 0.5) is 0 Å². The van der Waals surface area contributed by atoms with E-state index < -0.39 is 0 Å². The van der Waals surface area contributed by atoms with Crippen molar-refractivity contribution in [1.82, 2.24) is 0 Å². The van der Waals surface area contributed by atoms with Gasteiger partial charge in [0.05, 0.1) is 14.2 Å². The van der Waals surface area contributed by atoms with Crippen LogP contribution in [0.25, 0.3) is 0 Å². The fourth-order valence-corrected chi connectivity index (χ4v) is 4.06. The second-order valence-corrected chi connectivity index (χ2v) is 7.35. The molecule has 2 heteroatoms. The Bertz CT molecular complexity index is 650. The maximum Gasteiger partial charge on any atom is 0.122 e. The van der Waals surface area contributed by atoms with E-state index in [1.807, 2.05) is 0 Å². The predicted molar refractivity (Wildman–Crippen MR) is 92.8 cm³/mol. The van der Waals surface area contributed by atoms with Gasteiger partial charge in [-0.25, -0.2) is 0 Å². The maximum absolute atomic E-state index is 5.72. The van der Waals surface area contributed by atoms with Gasteiger partial charge in [0.1, 0.15) is 11.5 Å². The second-order valence-electron chi connectivity index (χ2n) is 7.35. The quantitative estimate of drug-likeness (QED) is 0.727. The molecule has 0 aromatic heterocycles. The molecule has 0 bridgehead atoms. The lowest BCUT2D eigenvalue weighted by Gasteiger charge is -2.35. The van der Waals surface area contributed by atoms with Crippen LogP contribution in [0.2, 0.25) is 0 Å². The van der Waals surface area contributed by atoms with Crippen LogP contribution in [0.1, 0.15) is 55.6 Å². The third kappa shape index (κ3) is 2.80. The summed E-state index contributed by atoms with van der Waals surface area (Å²) in [5.41, 5.74) is 3.08. The molecule has 0 spiro atoms. The van der Waals surface area contributed by atoms with E-state index in [-0.39, 0.29) is 5.41 Å². The summed E-state index contributed by atoms with van der Waals surface area (Å²) in [6.07, 6.45) is 14.5. The summed E-state index contributed by atoms with van der Waals surface area (Å²) in [6, 6.07) is 6.64. The highest BCUT2D eigenvalue weighted by molar-refractivity contribution is 5.51. The van der Waals surface area contributed by atoms with Crippen molar-refractivity contribution in [3.63, 3.8) is 0 Å². The minimum absolute atomic E-state index is 0.121. The van der Waals surface area contributed by atoms with Crippen LogP contribution in [-0.4, -0.2) is 14.2 Å². The summed E-state index contributed by atoms with van der Waals surface area (Å²) in [5.74, 6) is 3.65. The third-order valence-corrected chi connectivity index (χ3v) is 5.63. The first-order chi connectivity index (χ1) is 11.3. The van der Waals surface area contributed by atoms with Crippen LogP contribution < -0.4 is 4.74 Å². The Kier molecular flexibility index (Phi) is 3.71. The SMILES string of the molecule is COC1=CCC(CC2CC2)(c2cccc(OC)c2C2CC2)C=C1. The lowest BCUT2D eigenvalue weighted by molar-refractivity contribution is 0.297. The van der Waals surface area contributed by atoms with Crippen molar-refractivity contribution in [3.8, 4) is 5.75 Å². The highest BCUT2D eigenvalue weighted by atomic mass is 16.5. The van der Waals surface area contributed by atoms with Crippen LogP contribution in [-0.2, 0) is 10.2 Å². The molecule has 1 atom stereocenters. The van der Waals surface area contributed by atoms with E-state index in [9.17, 15) is 0 Å². The van der Waals surface area contributed by atoms with E-state index in [1.54, 1.807) is 14.2 Å². The fraction of sp³-hybridized carbons (Fsp3) is 0.524. The number of rotatable bonds is 6. The Morgan fingerprint density at radius 1 is 1.09 bits per heavy atom. The van der Waals surface area contributed by atoms with Gasteiger partial charge >= 0.3 is 0 Å². The van der Waals surface area contributed by atoms with E-state index >= 15 is 0 Å². The van der Waals surface area contributed by atoms with Crippen molar-refractivity contribution in [1.29, 1.82) is 0 Å². The number of hydrogen-bond donors (Lipinski definition) is 0. The zero-order valence-corrected chi connectivity index (χ0v) is 14.2. The first-order valence-electron chi connectivity index (χ1n) is 8.86. The molecule has 1 unspecified atom stereocenters. The number of allylic oxidation sites excluding steroid dienone is 3. The van der Waals surface area contributed by atoms with Crippen LogP contribution in [0.15, 0.2) is 42.2 Å². The topological polar surface area (TPSA) is 18.5 Å². The van der Waals surface area contributed by atoms with Gasteiger partial charge < -0.3 is 9.47 Å². The van der Waals surface area contributed by atoms with E-state index in [2.05, 4.69) is 36.4 Å². The van der Waals surface area contributed by atoms with Crippen molar-refractivity contribution in [2.24, 2.45) is 5.92 Å². The minimum Gasteiger partial charge on any atom is -0.497 e. The zero-order valence-electron chi connectivity index (χ0n) is 14.2. The van der Waals surface area contributed by atoms with E-state index in [0.29, 0.717) is 5.92 Å². The van der Waals surface area contributed by atoms with Crippen molar-refractivity contribution in [3.05, 3.63) is 53.3 Å². The molecule has 0 saturated heterocycles. The highest BCUT2D eigenvalue weighted by Gasteiger charge is 2.41. The van der Waals surface area contributed by atoms with Crippen LogP contribution in [0.3, 0.4) is 0 Å². The number of hydrogen-bond acceptors (Lipinski definition) is 2. The van der Waals surface area contributed by atoms with Gasteiger partial charge in [-0.1, -0.05) is 31.1 Å². The molecule has 23 heavy (non-hydrogen) atoms. The smallest absolute Gasteiger partial charge is 0.122 e. The number of methoxy groups -OCH3 is 2. The summed E-state index contributed by atoms with van der Waals surface area (Å²) in [5, 5.41) is 0. The van der Waals surface area contributed by atoms with E-state index in [4.69, 9.17) is 9.47 Å². The molecule has 3 aliphatic rings. The van der Waals surface area contributed by atoms with Crippen molar-refractivity contribution < 1.29 is 9.47 Å². The highest BCUT2D eigenvalue weighted by Crippen LogP contribution is 2.53. The Morgan fingerprint density at radius 2 is 1.91 bits per heavy atom. The first-order valence-corrected chi connectivity index (χ1v) is 8.86. The Morgan fingerprint density at radius 3 is 2.48 bits per heavy atom. The molecule has 4 rings (SSSR count). The molecule has 122 valence electrons. The molecule has 1 aromatic rings. The zero-order chi connectivity index (χ0) is 15.9. The van der Waals surface area contributed by atoms with Gasteiger partial charge in [0.25, 0.3) is 0 Å². The summed E-state index contributed by atoms with van der Waals surface area (Å²) in [7, 11) is 3.56. The Hall–Kier alpha value is -1.70. The lowest BCUT2D eigenvalue weighted by Crippen LogP contribution is -2.27. The van der Waals surface area contributed by atoms with Crippen molar-refractivity contribution in [2.75, 3.05) is 14.2 Å². The molecule has 0 aliphatic heterocycles. The van der Waals surface area contributed by atoms with Crippen molar-refractivity contribution >= 4 is 0 Å². The molecular formula is C21H26O2. The van der Waals surface area contributed by atoms with Crippen LogP contribution in [0.5, 0.6) is 5.75 Å². The normalized spacial score (nSPS) is 26.8. The first kappa shape index (κ1) is 14.9.